The van der Waals surface area contributed by atoms with Crippen molar-refractivity contribution < 1.29 is 0 Å². The summed E-state index contributed by atoms with van der Waals surface area (Å²) < 4.78 is 0. The smallest absolute Gasteiger partial charge is 0.222 e. The SMILES string of the molecule is Cc1cnc2nc(N)nc(C)c2c1C. The minimum Gasteiger partial charge on any atom is -0.368 e. The third-order valence-electron chi connectivity index (χ3n) is 2.44. The van der Waals surface area contributed by atoms with Crippen LogP contribution in [0, 0.1) is 20.8 Å². The van der Waals surface area contributed by atoms with Crippen LogP contribution in [0.1, 0.15) is 16.8 Å². The minimum absolute atomic E-state index is 0.283. The number of hydrogen-bond acceptors (Lipinski definition) is 4. The van der Waals surface area contributed by atoms with Crippen molar-refractivity contribution in [3.63, 3.8) is 0 Å². The lowest BCUT2D eigenvalue weighted by Gasteiger charge is -2.06. The Morgan fingerprint density at radius 1 is 1.14 bits per heavy atom. The molecule has 4 heteroatoms. The van der Waals surface area contributed by atoms with Crippen molar-refractivity contribution in [2.24, 2.45) is 0 Å². The topological polar surface area (TPSA) is 64.7 Å². The van der Waals surface area contributed by atoms with E-state index >= 15 is 0 Å². The molecule has 2 aromatic rings. The van der Waals surface area contributed by atoms with Crippen LogP contribution in [0.15, 0.2) is 6.20 Å². The van der Waals surface area contributed by atoms with Gasteiger partial charge in [-0.1, -0.05) is 0 Å². The van der Waals surface area contributed by atoms with Crippen molar-refractivity contribution in [3.05, 3.63) is 23.0 Å². The van der Waals surface area contributed by atoms with Crippen LogP contribution in [0.5, 0.6) is 0 Å². The second-order valence-corrected chi connectivity index (χ2v) is 3.43. The third-order valence-corrected chi connectivity index (χ3v) is 2.44. The largest absolute Gasteiger partial charge is 0.368 e. The molecule has 0 saturated carbocycles. The lowest BCUT2D eigenvalue weighted by Crippen LogP contribution is -2.01. The number of rotatable bonds is 0. The van der Waals surface area contributed by atoms with E-state index in [4.69, 9.17) is 5.73 Å². The molecule has 2 N–H and O–H groups in total. The second kappa shape index (κ2) is 2.90. The first-order chi connectivity index (χ1) is 6.59. The van der Waals surface area contributed by atoms with E-state index in [0.29, 0.717) is 5.65 Å². The molecular formula is C10H12N4. The Kier molecular flexibility index (Phi) is 1.84. The van der Waals surface area contributed by atoms with Crippen LogP contribution in [0.25, 0.3) is 11.0 Å². The summed E-state index contributed by atoms with van der Waals surface area (Å²) in [5, 5.41) is 1.01. The summed E-state index contributed by atoms with van der Waals surface area (Å²) in [6.45, 7) is 6.00. The molecule has 0 atom stereocenters. The van der Waals surface area contributed by atoms with Crippen molar-refractivity contribution in [3.8, 4) is 0 Å². The molecular weight excluding hydrogens is 176 g/mol. The average Bonchev–Trinajstić information content (AvgIpc) is 2.10. The summed E-state index contributed by atoms with van der Waals surface area (Å²) >= 11 is 0. The van der Waals surface area contributed by atoms with Gasteiger partial charge in [0.2, 0.25) is 5.95 Å². The summed E-state index contributed by atoms with van der Waals surface area (Å²) in [5.74, 6) is 0.283. The summed E-state index contributed by atoms with van der Waals surface area (Å²) in [7, 11) is 0. The molecule has 0 aliphatic rings. The molecule has 0 bridgehead atoms. The summed E-state index contributed by atoms with van der Waals surface area (Å²) in [5.41, 5.74) is 9.44. The predicted octanol–water partition coefficient (Wildman–Crippen LogP) is 1.53. The number of pyridine rings is 1. The highest BCUT2D eigenvalue weighted by Gasteiger charge is 2.07. The first kappa shape index (κ1) is 8.87. The molecule has 0 aliphatic carbocycles. The zero-order chi connectivity index (χ0) is 10.3. The molecule has 0 aliphatic heterocycles. The van der Waals surface area contributed by atoms with Gasteiger partial charge in [0.15, 0.2) is 5.65 Å². The number of anilines is 1. The van der Waals surface area contributed by atoms with E-state index in [9.17, 15) is 0 Å². The Morgan fingerprint density at radius 3 is 2.57 bits per heavy atom. The van der Waals surface area contributed by atoms with Crippen LogP contribution in [-0.4, -0.2) is 15.0 Å². The van der Waals surface area contributed by atoms with Gasteiger partial charge in [-0.15, -0.1) is 0 Å². The zero-order valence-electron chi connectivity index (χ0n) is 8.50. The lowest BCUT2D eigenvalue weighted by molar-refractivity contribution is 1.12. The van der Waals surface area contributed by atoms with Crippen LogP contribution < -0.4 is 5.73 Å². The van der Waals surface area contributed by atoms with Crippen molar-refractivity contribution in [2.75, 3.05) is 5.73 Å². The van der Waals surface area contributed by atoms with Gasteiger partial charge in [-0.2, -0.15) is 4.98 Å². The summed E-state index contributed by atoms with van der Waals surface area (Å²) in [4.78, 5) is 12.5. The molecule has 14 heavy (non-hydrogen) atoms. The van der Waals surface area contributed by atoms with E-state index in [1.54, 1.807) is 0 Å². The van der Waals surface area contributed by atoms with Gasteiger partial charge in [-0.3, -0.25) is 0 Å². The molecule has 0 saturated heterocycles. The van der Waals surface area contributed by atoms with Gasteiger partial charge in [-0.05, 0) is 31.9 Å². The van der Waals surface area contributed by atoms with E-state index in [2.05, 4.69) is 15.0 Å². The number of hydrogen-bond donors (Lipinski definition) is 1. The van der Waals surface area contributed by atoms with Gasteiger partial charge in [-0.25, -0.2) is 9.97 Å². The fourth-order valence-corrected chi connectivity index (χ4v) is 1.56. The molecule has 0 fully saturated rings. The second-order valence-electron chi connectivity index (χ2n) is 3.43. The molecule has 0 spiro atoms. The standard InChI is InChI=1S/C10H12N4/c1-5-4-12-9-8(6(5)2)7(3)13-10(11)14-9/h4H,1-3H3,(H2,11,12,13,14). The molecule has 0 amide bonds. The van der Waals surface area contributed by atoms with E-state index in [-0.39, 0.29) is 5.95 Å². The lowest BCUT2D eigenvalue weighted by atomic mass is 10.1. The van der Waals surface area contributed by atoms with Gasteiger partial charge in [0.25, 0.3) is 0 Å². The van der Waals surface area contributed by atoms with Crippen molar-refractivity contribution in [1.29, 1.82) is 0 Å². The Bertz CT molecular complexity index is 505. The molecule has 2 heterocycles. The Hall–Kier alpha value is -1.71. The Labute approximate surface area is 82.2 Å². The minimum atomic E-state index is 0.283. The fourth-order valence-electron chi connectivity index (χ4n) is 1.56. The molecule has 0 radical (unpaired) electrons. The van der Waals surface area contributed by atoms with Gasteiger partial charge < -0.3 is 5.73 Å². The highest BCUT2D eigenvalue weighted by Crippen LogP contribution is 2.20. The van der Waals surface area contributed by atoms with Gasteiger partial charge in [0, 0.05) is 11.6 Å². The summed E-state index contributed by atoms with van der Waals surface area (Å²) in [6.07, 6.45) is 1.81. The predicted molar refractivity (Wildman–Crippen MR) is 56.0 cm³/mol. The number of aryl methyl sites for hydroxylation is 3. The number of fused-ring (bicyclic) bond motifs is 1. The molecule has 72 valence electrons. The van der Waals surface area contributed by atoms with Gasteiger partial charge in [0.05, 0.1) is 5.69 Å². The van der Waals surface area contributed by atoms with Crippen molar-refractivity contribution >= 4 is 17.0 Å². The third kappa shape index (κ3) is 1.19. The van der Waals surface area contributed by atoms with Crippen LogP contribution >= 0.6 is 0 Å². The average molecular weight is 188 g/mol. The molecule has 0 aromatic carbocycles. The van der Waals surface area contributed by atoms with E-state index < -0.39 is 0 Å². The van der Waals surface area contributed by atoms with E-state index in [1.807, 2.05) is 27.0 Å². The maximum Gasteiger partial charge on any atom is 0.222 e. The first-order valence-corrected chi connectivity index (χ1v) is 4.45. The number of nitrogens with zero attached hydrogens (tertiary/aromatic N) is 3. The quantitative estimate of drug-likeness (QED) is 0.681. The van der Waals surface area contributed by atoms with Crippen molar-refractivity contribution in [2.45, 2.75) is 20.8 Å². The fraction of sp³-hybridized carbons (Fsp3) is 0.300. The van der Waals surface area contributed by atoms with Crippen LogP contribution in [0.2, 0.25) is 0 Å². The maximum absolute atomic E-state index is 5.55. The van der Waals surface area contributed by atoms with Crippen molar-refractivity contribution in [1.82, 2.24) is 15.0 Å². The molecule has 2 rings (SSSR count). The van der Waals surface area contributed by atoms with Gasteiger partial charge >= 0.3 is 0 Å². The van der Waals surface area contributed by atoms with E-state index in [0.717, 1.165) is 16.6 Å². The highest BCUT2D eigenvalue weighted by molar-refractivity contribution is 5.82. The zero-order valence-corrected chi connectivity index (χ0v) is 8.50. The first-order valence-electron chi connectivity index (χ1n) is 4.45. The highest BCUT2D eigenvalue weighted by atomic mass is 15.0. The Morgan fingerprint density at radius 2 is 1.86 bits per heavy atom. The summed E-state index contributed by atoms with van der Waals surface area (Å²) in [6, 6.07) is 0. The van der Waals surface area contributed by atoms with Crippen LogP contribution in [0.3, 0.4) is 0 Å². The number of aromatic nitrogens is 3. The maximum atomic E-state index is 5.55. The molecule has 2 aromatic heterocycles. The van der Waals surface area contributed by atoms with Crippen LogP contribution in [0.4, 0.5) is 5.95 Å². The number of nitrogens with two attached hydrogens (primary N) is 1. The van der Waals surface area contributed by atoms with Gasteiger partial charge in [0.1, 0.15) is 0 Å². The normalized spacial score (nSPS) is 10.8. The van der Waals surface area contributed by atoms with E-state index in [1.165, 1.54) is 5.56 Å². The molecule has 4 nitrogen and oxygen atoms in total. The number of nitrogen functional groups attached to an aromatic ring is 1. The molecule has 0 unspecified atom stereocenters. The van der Waals surface area contributed by atoms with Crippen LogP contribution in [-0.2, 0) is 0 Å². The Balaban J connectivity index is 2.95. The monoisotopic (exact) mass is 188 g/mol.